The molecule has 0 unspecified atom stereocenters. The molecule has 2 saturated heterocycles. The molecule has 1 amide bonds. The van der Waals surface area contributed by atoms with Gasteiger partial charge in [0.25, 0.3) is 0 Å². The number of sulfonamides is 1. The lowest BCUT2D eigenvalue weighted by molar-refractivity contribution is -0.162. The van der Waals surface area contributed by atoms with Crippen LogP contribution in [0.5, 0.6) is 0 Å². The molecule has 224 valence electrons. The van der Waals surface area contributed by atoms with E-state index >= 15 is 0 Å². The summed E-state index contributed by atoms with van der Waals surface area (Å²) in [5, 5.41) is 11.0. The number of amides is 1. The van der Waals surface area contributed by atoms with Crippen LogP contribution in [0.1, 0.15) is 83.4 Å². The average Bonchev–Trinajstić information content (AvgIpc) is 3.31. The molecule has 2 heterocycles. The van der Waals surface area contributed by atoms with Crippen molar-refractivity contribution in [3.8, 4) is 0 Å². The Kier molecular flexibility index (Phi) is 9.20. The minimum atomic E-state index is -3.74. The molecule has 2 fully saturated rings. The Balaban J connectivity index is 1.95. The van der Waals surface area contributed by atoms with Crippen molar-refractivity contribution in [1.29, 1.82) is 0 Å². The highest BCUT2D eigenvalue weighted by molar-refractivity contribution is 7.89. The molecule has 0 radical (unpaired) electrons. The minimum Gasteiger partial charge on any atom is -0.481 e. The van der Waals surface area contributed by atoms with E-state index in [2.05, 4.69) is 0 Å². The number of nitrogens with zero attached hydrogens (tertiary/aromatic N) is 2. The van der Waals surface area contributed by atoms with Gasteiger partial charge in [0, 0.05) is 28.5 Å². The molecular formula is C31H40Cl2N2O5S. The molecule has 10 heteroatoms. The predicted octanol–water partition coefficient (Wildman–Crippen LogP) is 6.76. The Morgan fingerprint density at radius 3 is 2.29 bits per heavy atom. The van der Waals surface area contributed by atoms with E-state index in [9.17, 15) is 23.1 Å². The van der Waals surface area contributed by atoms with Gasteiger partial charge in [-0.05, 0) is 67.0 Å². The summed E-state index contributed by atoms with van der Waals surface area (Å²) >= 11 is 12.7. The second-order valence-corrected chi connectivity index (χ2v) is 15.8. The summed E-state index contributed by atoms with van der Waals surface area (Å²) in [5.41, 5.74) is -0.270. The van der Waals surface area contributed by atoms with E-state index < -0.39 is 38.9 Å². The van der Waals surface area contributed by atoms with E-state index in [0.717, 1.165) is 24.0 Å². The fourth-order valence-corrected chi connectivity index (χ4v) is 9.22. The molecule has 0 aliphatic carbocycles. The zero-order valence-corrected chi connectivity index (χ0v) is 26.6. The van der Waals surface area contributed by atoms with Crippen molar-refractivity contribution < 1.29 is 23.1 Å². The van der Waals surface area contributed by atoms with Crippen LogP contribution in [0.2, 0.25) is 10.0 Å². The second-order valence-electron chi connectivity index (χ2n) is 13.0. The third-order valence-electron chi connectivity index (χ3n) is 8.69. The second kappa shape index (κ2) is 11.9. The average molecular weight is 624 g/mol. The van der Waals surface area contributed by atoms with E-state index in [-0.39, 0.29) is 36.5 Å². The van der Waals surface area contributed by atoms with Crippen molar-refractivity contribution in [2.45, 2.75) is 84.3 Å². The van der Waals surface area contributed by atoms with Gasteiger partial charge >= 0.3 is 5.97 Å². The zero-order chi connectivity index (χ0) is 30.3. The number of piperidine rings is 1. The highest BCUT2D eigenvalue weighted by atomic mass is 35.5. The normalized spacial score (nSPS) is 26.8. The van der Waals surface area contributed by atoms with E-state index in [1.165, 1.54) is 0 Å². The van der Waals surface area contributed by atoms with Gasteiger partial charge in [-0.3, -0.25) is 9.59 Å². The quantitative estimate of drug-likeness (QED) is 0.351. The maximum Gasteiger partial charge on any atom is 0.304 e. The van der Waals surface area contributed by atoms with Crippen molar-refractivity contribution >= 4 is 45.1 Å². The number of aliphatic carboxylic acids is 1. The fourth-order valence-electron chi connectivity index (χ4n) is 6.59. The van der Waals surface area contributed by atoms with Crippen LogP contribution >= 0.6 is 23.2 Å². The first-order valence-corrected chi connectivity index (χ1v) is 16.4. The molecular weight excluding hydrogens is 583 g/mol. The Morgan fingerprint density at radius 1 is 1.10 bits per heavy atom. The van der Waals surface area contributed by atoms with Crippen LogP contribution in [-0.4, -0.2) is 59.0 Å². The van der Waals surface area contributed by atoms with Crippen molar-refractivity contribution in [3.05, 3.63) is 69.7 Å². The maximum absolute atomic E-state index is 14.6. The van der Waals surface area contributed by atoms with Crippen molar-refractivity contribution in [3.63, 3.8) is 0 Å². The Morgan fingerprint density at radius 2 is 1.76 bits per heavy atom. The third kappa shape index (κ3) is 6.76. The van der Waals surface area contributed by atoms with Crippen LogP contribution in [0, 0.1) is 10.8 Å². The topological polar surface area (TPSA) is 95.0 Å². The number of rotatable bonds is 8. The lowest BCUT2D eigenvalue weighted by Crippen LogP contribution is -2.61. The molecule has 0 saturated carbocycles. The van der Waals surface area contributed by atoms with Crippen molar-refractivity contribution in [1.82, 2.24) is 9.21 Å². The van der Waals surface area contributed by atoms with Gasteiger partial charge in [-0.1, -0.05) is 75.2 Å². The van der Waals surface area contributed by atoms with Crippen molar-refractivity contribution in [2.24, 2.45) is 10.8 Å². The number of halogens is 2. The summed E-state index contributed by atoms with van der Waals surface area (Å²) in [6, 6.07) is 13.2. The summed E-state index contributed by atoms with van der Waals surface area (Å²) in [6.45, 7) is 9.86. The van der Waals surface area contributed by atoms with Gasteiger partial charge in [0.05, 0.1) is 29.7 Å². The Hall–Kier alpha value is -2.13. The molecule has 1 N–H and O–H groups in total. The summed E-state index contributed by atoms with van der Waals surface area (Å²) < 4.78 is 29.4. The molecule has 0 spiro atoms. The third-order valence-corrected chi connectivity index (χ3v) is 11.2. The van der Waals surface area contributed by atoms with Gasteiger partial charge in [0.2, 0.25) is 15.9 Å². The highest BCUT2D eigenvalue weighted by Crippen LogP contribution is 2.53. The molecule has 2 aromatic rings. The number of hydrogen-bond acceptors (Lipinski definition) is 4. The summed E-state index contributed by atoms with van der Waals surface area (Å²) in [4.78, 5) is 28.4. The lowest BCUT2D eigenvalue weighted by Gasteiger charge is -2.54. The molecule has 5 atom stereocenters. The standard InChI is InChI=1S/C31H40Cl2N2O5S/c1-20-8-7-15-34(20)41(39,40)19-26(30(2,3)4)35-28(21-11-13-23(32)14-12-21)25(22-9-6-10-24(33)16-22)17-31(5,29(35)38)18-27(36)37/h6,9-14,16,20,25-26,28H,7-8,15,17-19H2,1-5H3,(H,36,37)/t20-,25-,26-,28-,31-/m1/s1. The number of carboxylic acids is 1. The molecule has 7 nitrogen and oxygen atoms in total. The molecule has 2 aromatic carbocycles. The predicted molar refractivity (Wildman–Crippen MR) is 163 cm³/mol. The minimum absolute atomic E-state index is 0.110. The first kappa shape index (κ1) is 31.8. The molecule has 4 rings (SSSR count). The van der Waals surface area contributed by atoms with Crippen LogP contribution in [0.25, 0.3) is 0 Å². The Labute approximate surface area is 253 Å². The SMILES string of the molecule is C[C@@H]1CCCN1S(=O)(=O)C[C@@H](N1C(=O)[C@@](C)(CC(=O)O)C[C@H](c2cccc(Cl)c2)[C@H]1c1ccc(Cl)cc1)C(C)(C)C. The van der Waals surface area contributed by atoms with Gasteiger partial charge in [-0.25, -0.2) is 8.42 Å². The van der Waals surface area contributed by atoms with E-state index in [0.29, 0.717) is 16.6 Å². The zero-order valence-electron chi connectivity index (χ0n) is 24.3. The van der Waals surface area contributed by atoms with Crippen LogP contribution < -0.4 is 0 Å². The van der Waals surface area contributed by atoms with Crippen LogP contribution in [0.4, 0.5) is 0 Å². The summed E-state index contributed by atoms with van der Waals surface area (Å²) in [7, 11) is -3.74. The first-order chi connectivity index (χ1) is 19.0. The fraction of sp³-hybridized carbons (Fsp3) is 0.548. The van der Waals surface area contributed by atoms with Crippen molar-refractivity contribution in [2.75, 3.05) is 12.3 Å². The largest absolute Gasteiger partial charge is 0.481 e. The summed E-state index contributed by atoms with van der Waals surface area (Å²) in [5.74, 6) is -2.05. The monoisotopic (exact) mass is 622 g/mol. The van der Waals surface area contributed by atoms with Gasteiger partial charge in [-0.15, -0.1) is 0 Å². The Bertz CT molecular complexity index is 1390. The smallest absolute Gasteiger partial charge is 0.304 e. The van der Waals surface area contributed by atoms with Crippen LogP contribution in [0.15, 0.2) is 48.5 Å². The van der Waals surface area contributed by atoms with Gasteiger partial charge < -0.3 is 10.0 Å². The number of carbonyl (C=O) groups excluding carboxylic acids is 1. The molecule has 2 aliphatic heterocycles. The maximum atomic E-state index is 14.6. The number of benzene rings is 2. The van der Waals surface area contributed by atoms with Crippen LogP contribution in [-0.2, 0) is 19.6 Å². The number of hydrogen-bond donors (Lipinski definition) is 1. The number of carbonyl (C=O) groups is 2. The number of carboxylic acid groups (broad SMARTS) is 1. The van der Waals surface area contributed by atoms with E-state index in [4.69, 9.17) is 23.2 Å². The van der Waals surface area contributed by atoms with Gasteiger partial charge in [0.15, 0.2) is 0 Å². The molecule has 41 heavy (non-hydrogen) atoms. The first-order valence-electron chi connectivity index (χ1n) is 14.1. The lowest BCUT2D eigenvalue weighted by atomic mass is 9.66. The van der Waals surface area contributed by atoms with E-state index in [1.807, 2.05) is 58.0 Å². The number of likely N-dealkylation sites (tertiary alicyclic amines) is 1. The molecule has 0 bridgehead atoms. The highest BCUT2D eigenvalue weighted by Gasteiger charge is 2.55. The van der Waals surface area contributed by atoms with Gasteiger partial charge in [-0.2, -0.15) is 4.31 Å². The van der Waals surface area contributed by atoms with E-state index in [1.54, 1.807) is 34.3 Å². The molecule has 2 aliphatic rings. The van der Waals surface area contributed by atoms with Crippen LogP contribution in [0.3, 0.4) is 0 Å². The molecule has 0 aromatic heterocycles. The summed E-state index contributed by atoms with van der Waals surface area (Å²) in [6.07, 6.45) is 1.47. The van der Waals surface area contributed by atoms with Gasteiger partial charge in [0.1, 0.15) is 0 Å².